The zero-order valence-electron chi connectivity index (χ0n) is 94.8. The largest absolute Gasteiger partial charge is 0.354 e. The monoisotopic (exact) mass is 1930 g/mol. The van der Waals surface area contributed by atoms with Crippen LogP contribution in [0.3, 0.4) is 0 Å². The number of aromatic amines is 4. The molecule has 0 atom stereocenters. The Morgan fingerprint density at radius 2 is 0.247 bits per heavy atom. The molecule has 146 heavy (non-hydrogen) atoms. The lowest BCUT2D eigenvalue weighted by molar-refractivity contribution is 0.589. The first-order chi connectivity index (χ1) is 68.0. The highest BCUT2D eigenvalue weighted by atomic mass is 15.0. The van der Waals surface area contributed by atoms with E-state index in [-0.39, 0.29) is 43.3 Å². The number of rotatable bonds is 8. The SMILES string of the molecule is Cc1cc(C(C)(C)C)cc(C)c1-c1c2nc(c(-c3c(C)cc(C(C)(C)C)cc3C)c3ccc([nH]3)c(-c3c(C)cc(C(C)(C)C)cc3C)c3nc(c(-c4c(C)cc(C(C)(C)C)cc4C)c4ccc1[nH]4)-c1nc4c(nc1-3)-c1nc-4c(-c3c(C)cc(C(C)(C)C)cc3C)c3ccc([nH]3)c(-c3c(C)cc(C(C)(C)C)cc3C)c3nc(c(-c4c(C)cc(C(C)(C)C)cc4C)c4ccc([nH]4)c1-c1c(C)cc(C(C)(C)C)cc1C)C=C3)C=C2. The van der Waals surface area contributed by atoms with Crippen LogP contribution >= 0.6 is 0 Å². The molecule has 0 amide bonds. The summed E-state index contributed by atoms with van der Waals surface area (Å²) in [6, 6.07) is 57.0. The van der Waals surface area contributed by atoms with Crippen LogP contribution in [0.1, 0.15) is 322 Å². The fourth-order valence-electron chi connectivity index (χ4n) is 23.7. The third-order valence-corrected chi connectivity index (χ3v) is 31.6. The molecule has 4 aliphatic rings. The van der Waals surface area contributed by atoms with E-state index in [0.717, 1.165) is 200 Å². The summed E-state index contributed by atoms with van der Waals surface area (Å²) in [6.07, 6.45) is 9.07. The Morgan fingerprint density at radius 3 is 0.370 bits per heavy atom. The molecular formula is C136H152N10. The van der Waals surface area contributed by atoms with E-state index < -0.39 is 0 Å². The van der Waals surface area contributed by atoms with Gasteiger partial charge >= 0.3 is 0 Å². The smallest absolute Gasteiger partial charge is 0.118 e. The van der Waals surface area contributed by atoms with Crippen molar-refractivity contribution in [1.82, 2.24) is 49.8 Å². The van der Waals surface area contributed by atoms with Crippen molar-refractivity contribution in [3.05, 3.63) is 302 Å². The molecule has 10 nitrogen and oxygen atoms in total. The van der Waals surface area contributed by atoms with Crippen LogP contribution in [-0.4, -0.2) is 49.8 Å². The summed E-state index contributed by atoms with van der Waals surface area (Å²) in [5.74, 6) is 0. The van der Waals surface area contributed by atoms with Crippen LogP contribution in [0.2, 0.25) is 0 Å². The lowest BCUT2D eigenvalue weighted by Gasteiger charge is -2.23. The van der Waals surface area contributed by atoms with Gasteiger partial charge in [0.25, 0.3) is 0 Å². The third-order valence-electron chi connectivity index (χ3n) is 31.6. The number of aromatic nitrogens is 10. The van der Waals surface area contributed by atoms with Gasteiger partial charge in [0.15, 0.2) is 0 Å². The highest BCUT2D eigenvalue weighted by Crippen LogP contribution is 2.57. The van der Waals surface area contributed by atoms with Crippen LogP contribution in [0.4, 0.5) is 0 Å². The van der Waals surface area contributed by atoms with Gasteiger partial charge in [-0.3, -0.25) is 0 Å². The van der Waals surface area contributed by atoms with Crippen molar-refractivity contribution in [2.75, 3.05) is 0 Å². The molecule has 16 bridgehead atoms. The highest BCUT2D eigenvalue weighted by molar-refractivity contribution is 6.11. The zero-order chi connectivity index (χ0) is 106. The van der Waals surface area contributed by atoms with Crippen molar-refractivity contribution in [1.29, 1.82) is 0 Å². The second-order valence-corrected chi connectivity index (χ2v) is 51.7. The number of hydrogen-bond donors (Lipinski definition) is 4. The zero-order valence-corrected chi connectivity index (χ0v) is 94.8. The third kappa shape index (κ3) is 17.6. The molecule has 0 spiro atoms. The Balaban J connectivity index is 1.10. The van der Waals surface area contributed by atoms with Gasteiger partial charge in [0.2, 0.25) is 0 Å². The molecule has 0 saturated heterocycles. The van der Waals surface area contributed by atoms with E-state index in [4.69, 9.17) is 29.9 Å². The summed E-state index contributed by atoms with van der Waals surface area (Å²) in [5.41, 5.74) is 59.0. The van der Waals surface area contributed by atoms with Crippen LogP contribution in [0.25, 0.3) is 203 Å². The quantitative estimate of drug-likeness (QED) is 0.119. The normalized spacial score (nSPS) is 13.2. The summed E-state index contributed by atoms with van der Waals surface area (Å²) in [6.45, 7) is 92.4. The van der Waals surface area contributed by atoms with Gasteiger partial charge in [0, 0.05) is 88.6 Å². The van der Waals surface area contributed by atoms with Crippen molar-refractivity contribution < 1.29 is 0 Å². The van der Waals surface area contributed by atoms with Crippen LogP contribution in [0, 0.1) is 111 Å². The first kappa shape index (κ1) is 101. The van der Waals surface area contributed by atoms with Crippen LogP contribution < -0.4 is 0 Å². The molecule has 10 heteroatoms. The molecule has 19 rings (SSSR count). The second kappa shape index (κ2) is 35.2. The average Bonchev–Trinajstić information content (AvgIpc) is 1.54. The van der Waals surface area contributed by atoms with Gasteiger partial charge in [-0.15, -0.1) is 0 Å². The number of aryl methyl sites for hydroxylation is 16. The lowest BCUT2D eigenvalue weighted by Crippen LogP contribution is -2.12. The van der Waals surface area contributed by atoms with Gasteiger partial charge in [-0.2, -0.15) is 0 Å². The molecule has 0 unspecified atom stereocenters. The molecular weight excluding hydrogens is 1770 g/mol. The topological polar surface area (TPSA) is 140 Å². The Kier molecular flexibility index (Phi) is 24.4. The van der Waals surface area contributed by atoms with Gasteiger partial charge in [-0.05, 0) is 405 Å². The Morgan fingerprint density at radius 1 is 0.137 bits per heavy atom. The second-order valence-electron chi connectivity index (χ2n) is 51.7. The minimum Gasteiger partial charge on any atom is -0.354 e. The number of nitrogens with zero attached hydrogens (tertiary/aromatic N) is 6. The van der Waals surface area contributed by atoms with E-state index in [9.17, 15) is 0 Å². The fraction of sp³-hybridized carbons (Fsp3) is 0.353. The number of benzene rings is 8. The molecule has 11 heterocycles. The minimum atomic E-state index is -0.199. The first-order valence-electron chi connectivity index (χ1n) is 52.9. The van der Waals surface area contributed by atoms with Crippen molar-refractivity contribution in [2.24, 2.45) is 0 Å². The molecule has 15 aromatic rings. The number of H-pyrrole nitrogens is 4. The maximum absolute atomic E-state index is 6.76. The van der Waals surface area contributed by atoms with Gasteiger partial charge in [-0.1, -0.05) is 263 Å². The Bertz CT molecular complexity index is 7400. The van der Waals surface area contributed by atoms with Gasteiger partial charge in [0.05, 0.1) is 22.8 Å². The maximum Gasteiger partial charge on any atom is 0.118 e. The standard InChI is InChI=1S/C136H152N10/c1-69-53-85(129(17,18)19)54-70(2)105(69)113-93-41-42-94(137-93)114(106-71(3)55-86(56-72(106)4)130(20,21)22)98-46-50-102(140-98)118(110-79(11)63-90(64-80(110)12)134(32,33)34)122-126-125(121(143-122)117(101-49-45-97(113)139-101)109-77(9)61-89(62-78(109)10)133(29,30)31)145-127-123-119(111-81(13)65-91(66-82(111)14)135(35,36)37)103-51-47-99(141-103)115(107-73(5)57-87(58-74(107)6)131(23,24)25)95-43-44-96(138-95)116(108-75(7)59-88(60-76(108)8)132(26,27)28)100-48-52-104(142-100)120(124(144-123)128(127)146-126)112-83(15)67-92(68-84(112)16)136(38,39)40/h41-68,139-142H,1-40H3. The molecule has 4 aliphatic heterocycles. The predicted molar refractivity (Wildman–Crippen MR) is 627 cm³/mol. The number of hydrogen-bond acceptors (Lipinski definition) is 6. The van der Waals surface area contributed by atoms with Crippen LogP contribution in [0.5, 0.6) is 0 Å². The average molecular weight is 1930 g/mol. The number of fused-ring (bicyclic) bond motifs is 22. The van der Waals surface area contributed by atoms with Crippen molar-refractivity contribution in [3.8, 4) is 135 Å². The minimum absolute atomic E-state index is 0.122. The summed E-state index contributed by atoms with van der Waals surface area (Å²) >= 11 is 0. The molecule has 0 radical (unpaired) electrons. The predicted octanol–water partition coefficient (Wildman–Crippen LogP) is 37.4. The molecule has 0 saturated carbocycles. The fourth-order valence-corrected chi connectivity index (χ4v) is 23.7. The van der Waals surface area contributed by atoms with E-state index in [1.54, 1.807) is 0 Å². The molecule has 0 fully saturated rings. The van der Waals surface area contributed by atoms with Crippen LogP contribution in [-0.2, 0) is 43.3 Å². The van der Waals surface area contributed by atoms with Crippen molar-refractivity contribution in [2.45, 2.75) is 320 Å². The first-order valence-corrected chi connectivity index (χ1v) is 52.9. The summed E-state index contributed by atoms with van der Waals surface area (Å²) in [4.78, 5) is 56.5. The van der Waals surface area contributed by atoms with Gasteiger partial charge < -0.3 is 19.9 Å². The number of nitrogens with one attached hydrogen (secondary N) is 4. The van der Waals surface area contributed by atoms with Gasteiger partial charge in [0.1, 0.15) is 45.6 Å². The summed E-state index contributed by atoms with van der Waals surface area (Å²) in [5, 5.41) is 0. The molecule has 0 aliphatic carbocycles. The van der Waals surface area contributed by atoms with E-state index in [0.29, 0.717) is 45.6 Å². The Labute approximate surface area is 869 Å². The maximum atomic E-state index is 6.76. The molecule has 4 N–H and O–H groups in total. The Hall–Kier alpha value is -13.4. The highest BCUT2D eigenvalue weighted by Gasteiger charge is 2.40. The van der Waals surface area contributed by atoms with E-state index in [1.165, 1.54) is 89.0 Å². The molecule has 746 valence electrons. The summed E-state index contributed by atoms with van der Waals surface area (Å²) < 4.78 is 0. The summed E-state index contributed by atoms with van der Waals surface area (Å²) in [7, 11) is 0. The van der Waals surface area contributed by atoms with E-state index in [1.807, 2.05) is 0 Å². The van der Waals surface area contributed by atoms with Gasteiger partial charge in [-0.25, -0.2) is 29.9 Å². The molecule has 8 aromatic carbocycles. The van der Waals surface area contributed by atoms with Crippen molar-refractivity contribution in [3.63, 3.8) is 0 Å². The molecule has 7 aromatic heterocycles. The van der Waals surface area contributed by atoms with Crippen molar-refractivity contribution >= 4 is 68.4 Å². The lowest BCUT2D eigenvalue weighted by atomic mass is 9.82. The van der Waals surface area contributed by atoms with Crippen LogP contribution in [0.15, 0.2) is 146 Å². The van der Waals surface area contributed by atoms with E-state index in [2.05, 4.69) is 467 Å². The van der Waals surface area contributed by atoms with E-state index >= 15 is 0 Å².